The minimum absolute atomic E-state index is 0.690. The Morgan fingerprint density at radius 1 is 1.30 bits per heavy atom. The van der Waals surface area contributed by atoms with Crippen LogP contribution in [-0.4, -0.2) is 21.0 Å². The van der Waals surface area contributed by atoms with Crippen LogP contribution >= 0.6 is 0 Å². The Kier molecular flexibility index (Phi) is 3.74. The van der Waals surface area contributed by atoms with Gasteiger partial charge < -0.3 is 5.32 Å². The zero-order valence-electron chi connectivity index (χ0n) is 12.1. The van der Waals surface area contributed by atoms with E-state index in [4.69, 9.17) is 0 Å². The summed E-state index contributed by atoms with van der Waals surface area (Å²) in [5.41, 5.74) is 4.15. The highest BCUT2D eigenvalue weighted by Gasteiger charge is 2.20. The molecule has 104 valence electrons. The molecule has 0 aliphatic heterocycles. The molecule has 0 radical (unpaired) electrons. The molecule has 4 nitrogen and oxygen atoms in total. The van der Waals surface area contributed by atoms with Crippen LogP contribution in [-0.2, 0) is 13.0 Å². The first-order valence-corrected chi connectivity index (χ1v) is 7.28. The molecule has 3 rings (SSSR count). The summed E-state index contributed by atoms with van der Waals surface area (Å²) in [5, 5.41) is 3.50. The number of aromatic nitrogens is 3. The molecule has 2 heterocycles. The Balaban J connectivity index is 1.91. The third-order valence-corrected chi connectivity index (χ3v) is 3.54. The molecular weight excluding hydrogens is 248 g/mol. The van der Waals surface area contributed by atoms with E-state index in [2.05, 4.69) is 33.3 Å². The smallest absolute Gasteiger partial charge is 0.178 e. The van der Waals surface area contributed by atoms with Crippen LogP contribution in [0.1, 0.15) is 36.7 Å². The molecule has 1 fully saturated rings. The maximum Gasteiger partial charge on any atom is 0.178 e. The molecule has 1 aliphatic rings. The van der Waals surface area contributed by atoms with Crippen molar-refractivity contribution in [2.75, 3.05) is 0 Å². The van der Waals surface area contributed by atoms with Crippen molar-refractivity contribution in [3.8, 4) is 11.5 Å². The number of hydrogen-bond donors (Lipinski definition) is 1. The Morgan fingerprint density at radius 3 is 2.90 bits per heavy atom. The van der Waals surface area contributed by atoms with Crippen LogP contribution in [0, 0.1) is 6.92 Å². The van der Waals surface area contributed by atoms with Gasteiger partial charge in [-0.1, -0.05) is 13.0 Å². The molecule has 0 aromatic carbocycles. The van der Waals surface area contributed by atoms with Gasteiger partial charge in [0, 0.05) is 24.5 Å². The Bertz CT molecular complexity index is 605. The lowest BCUT2D eigenvalue weighted by molar-refractivity contribution is 0.672. The Morgan fingerprint density at radius 2 is 2.15 bits per heavy atom. The van der Waals surface area contributed by atoms with Gasteiger partial charge in [-0.2, -0.15) is 0 Å². The minimum Gasteiger partial charge on any atom is -0.308 e. The van der Waals surface area contributed by atoms with Gasteiger partial charge in [0.2, 0.25) is 0 Å². The monoisotopic (exact) mass is 268 g/mol. The van der Waals surface area contributed by atoms with Crippen LogP contribution in [0.3, 0.4) is 0 Å². The van der Waals surface area contributed by atoms with Crippen LogP contribution in [0.5, 0.6) is 0 Å². The molecule has 0 amide bonds. The van der Waals surface area contributed by atoms with Crippen molar-refractivity contribution >= 4 is 0 Å². The van der Waals surface area contributed by atoms with Crippen molar-refractivity contribution in [2.45, 2.75) is 45.7 Å². The number of rotatable bonds is 5. The van der Waals surface area contributed by atoms with E-state index in [1.54, 1.807) is 0 Å². The van der Waals surface area contributed by atoms with E-state index < -0.39 is 0 Å². The molecule has 2 aromatic rings. The maximum atomic E-state index is 4.68. The van der Waals surface area contributed by atoms with Gasteiger partial charge in [0.1, 0.15) is 5.69 Å². The highest BCUT2D eigenvalue weighted by molar-refractivity contribution is 5.54. The SMILES string of the molecule is CCc1cccnc1-c1nc(C)cc(CNC2CC2)n1. The summed E-state index contributed by atoms with van der Waals surface area (Å²) in [4.78, 5) is 13.7. The predicted molar refractivity (Wildman–Crippen MR) is 79.2 cm³/mol. The lowest BCUT2D eigenvalue weighted by Gasteiger charge is -2.09. The summed E-state index contributed by atoms with van der Waals surface area (Å²) >= 11 is 0. The van der Waals surface area contributed by atoms with Gasteiger partial charge in [0.25, 0.3) is 0 Å². The number of aryl methyl sites for hydroxylation is 2. The summed E-state index contributed by atoms with van der Waals surface area (Å²) in [6.45, 7) is 4.96. The molecule has 2 aromatic heterocycles. The first kappa shape index (κ1) is 13.2. The topological polar surface area (TPSA) is 50.7 Å². The van der Waals surface area contributed by atoms with E-state index in [9.17, 15) is 0 Å². The zero-order chi connectivity index (χ0) is 13.9. The van der Waals surface area contributed by atoms with Crippen molar-refractivity contribution < 1.29 is 0 Å². The molecular formula is C16H20N4. The fourth-order valence-corrected chi connectivity index (χ4v) is 2.29. The Labute approximate surface area is 119 Å². The fraction of sp³-hybridized carbons (Fsp3) is 0.438. The summed E-state index contributed by atoms with van der Waals surface area (Å²) in [5.74, 6) is 0.745. The molecule has 1 saturated carbocycles. The summed E-state index contributed by atoms with van der Waals surface area (Å²) in [7, 11) is 0. The van der Waals surface area contributed by atoms with Crippen molar-refractivity contribution in [1.82, 2.24) is 20.3 Å². The van der Waals surface area contributed by atoms with Crippen molar-refractivity contribution in [2.24, 2.45) is 0 Å². The van der Waals surface area contributed by atoms with Crippen LogP contribution in [0.2, 0.25) is 0 Å². The fourth-order valence-electron chi connectivity index (χ4n) is 2.29. The first-order valence-electron chi connectivity index (χ1n) is 7.28. The van der Waals surface area contributed by atoms with E-state index in [1.165, 1.54) is 18.4 Å². The summed E-state index contributed by atoms with van der Waals surface area (Å²) in [6.07, 6.45) is 5.33. The summed E-state index contributed by atoms with van der Waals surface area (Å²) < 4.78 is 0. The quantitative estimate of drug-likeness (QED) is 0.905. The Hall–Kier alpha value is -1.81. The molecule has 0 bridgehead atoms. The van der Waals surface area contributed by atoms with Crippen molar-refractivity contribution in [3.63, 3.8) is 0 Å². The van der Waals surface area contributed by atoms with Crippen molar-refractivity contribution in [1.29, 1.82) is 0 Å². The van der Waals surface area contributed by atoms with Gasteiger partial charge in [-0.25, -0.2) is 9.97 Å². The highest BCUT2D eigenvalue weighted by Crippen LogP contribution is 2.21. The van der Waals surface area contributed by atoms with E-state index in [-0.39, 0.29) is 0 Å². The standard InChI is InChI=1S/C16H20N4/c1-3-12-5-4-8-17-15(12)16-19-11(2)9-14(20-16)10-18-13-6-7-13/h4-5,8-9,13,18H,3,6-7,10H2,1-2H3. The lowest BCUT2D eigenvalue weighted by atomic mass is 10.1. The molecule has 20 heavy (non-hydrogen) atoms. The van der Waals surface area contributed by atoms with E-state index >= 15 is 0 Å². The average molecular weight is 268 g/mol. The molecule has 1 aliphatic carbocycles. The molecule has 0 spiro atoms. The second-order valence-electron chi connectivity index (χ2n) is 5.34. The normalized spacial score (nSPS) is 14.5. The van der Waals surface area contributed by atoms with Crippen LogP contribution < -0.4 is 5.32 Å². The zero-order valence-corrected chi connectivity index (χ0v) is 12.1. The van der Waals surface area contributed by atoms with Crippen LogP contribution in [0.4, 0.5) is 0 Å². The average Bonchev–Trinajstić information content (AvgIpc) is 3.29. The van der Waals surface area contributed by atoms with Gasteiger partial charge in [-0.05, 0) is 43.9 Å². The van der Waals surface area contributed by atoms with E-state index in [0.717, 1.165) is 35.9 Å². The maximum absolute atomic E-state index is 4.68. The largest absolute Gasteiger partial charge is 0.308 e. The van der Waals surface area contributed by atoms with Gasteiger partial charge in [-0.3, -0.25) is 4.98 Å². The minimum atomic E-state index is 0.690. The number of nitrogens with one attached hydrogen (secondary N) is 1. The second kappa shape index (κ2) is 5.67. The molecule has 1 N–H and O–H groups in total. The van der Waals surface area contributed by atoms with E-state index in [0.29, 0.717) is 6.04 Å². The predicted octanol–water partition coefficient (Wildman–Crippen LogP) is 2.66. The van der Waals surface area contributed by atoms with Gasteiger partial charge >= 0.3 is 0 Å². The first-order chi connectivity index (χ1) is 9.76. The summed E-state index contributed by atoms with van der Waals surface area (Å²) in [6, 6.07) is 6.80. The third-order valence-electron chi connectivity index (χ3n) is 3.54. The van der Waals surface area contributed by atoms with Crippen molar-refractivity contribution in [3.05, 3.63) is 41.3 Å². The lowest BCUT2D eigenvalue weighted by Crippen LogP contribution is -2.17. The third kappa shape index (κ3) is 3.02. The van der Waals surface area contributed by atoms with Gasteiger partial charge in [0.05, 0.1) is 5.69 Å². The van der Waals surface area contributed by atoms with Gasteiger partial charge in [-0.15, -0.1) is 0 Å². The van der Waals surface area contributed by atoms with Crippen LogP contribution in [0.25, 0.3) is 11.5 Å². The van der Waals surface area contributed by atoms with Gasteiger partial charge in [0.15, 0.2) is 5.82 Å². The van der Waals surface area contributed by atoms with Crippen LogP contribution in [0.15, 0.2) is 24.4 Å². The highest BCUT2D eigenvalue weighted by atomic mass is 15.0. The molecule has 0 saturated heterocycles. The molecule has 0 atom stereocenters. The number of pyridine rings is 1. The van der Waals surface area contributed by atoms with E-state index in [1.807, 2.05) is 25.3 Å². The second-order valence-corrected chi connectivity index (χ2v) is 5.34. The number of hydrogen-bond acceptors (Lipinski definition) is 4. The molecule has 0 unspecified atom stereocenters. The molecule has 4 heteroatoms. The number of nitrogens with zero attached hydrogens (tertiary/aromatic N) is 3.